The van der Waals surface area contributed by atoms with Gasteiger partial charge in [0.1, 0.15) is 0 Å². The minimum atomic E-state index is 0.821. The summed E-state index contributed by atoms with van der Waals surface area (Å²) in [5.41, 5.74) is 12.3. The van der Waals surface area contributed by atoms with Crippen LogP contribution in [0.3, 0.4) is 0 Å². The second kappa shape index (κ2) is 5.52. The van der Waals surface area contributed by atoms with Gasteiger partial charge in [0, 0.05) is 22.8 Å². The lowest BCUT2D eigenvalue weighted by atomic mass is 10.0. The lowest BCUT2D eigenvalue weighted by molar-refractivity contribution is 1.09. The van der Waals surface area contributed by atoms with Crippen LogP contribution in [0.4, 0.5) is 5.69 Å². The highest BCUT2D eigenvalue weighted by atomic mass is 14.8. The molecular formula is C18H19N3. The van der Waals surface area contributed by atoms with Crippen LogP contribution in [0.15, 0.2) is 42.6 Å². The molecule has 0 amide bonds. The van der Waals surface area contributed by atoms with E-state index in [9.17, 15) is 0 Å². The molecule has 0 saturated carbocycles. The van der Waals surface area contributed by atoms with E-state index in [1.807, 2.05) is 36.5 Å². The first-order valence-electron chi connectivity index (χ1n) is 7.37. The Bertz CT molecular complexity index is 794. The van der Waals surface area contributed by atoms with Gasteiger partial charge in [0.15, 0.2) is 0 Å². The second-order valence-electron chi connectivity index (χ2n) is 5.13. The Labute approximate surface area is 124 Å². The van der Waals surface area contributed by atoms with Crippen LogP contribution in [0.1, 0.15) is 25.0 Å². The van der Waals surface area contributed by atoms with Crippen LogP contribution in [0.2, 0.25) is 0 Å². The number of aryl methyl sites for hydroxylation is 1. The average Bonchev–Trinajstić information content (AvgIpc) is 2.55. The summed E-state index contributed by atoms with van der Waals surface area (Å²) in [6.45, 7) is 4.25. The lowest BCUT2D eigenvalue weighted by Gasteiger charge is -2.13. The molecule has 21 heavy (non-hydrogen) atoms. The summed E-state index contributed by atoms with van der Waals surface area (Å²) in [7, 11) is 0. The molecule has 2 heterocycles. The number of nitrogens with zero attached hydrogens (tertiary/aromatic N) is 2. The Balaban J connectivity index is 2.30. The molecule has 3 heteroatoms. The van der Waals surface area contributed by atoms with E-state index in [1.165, 1.54) is 5.56 Å². The Morgan fingerprint density at radius 3 is 2.62 bits per heavy atom. The number of para-hydroxylation sites is 1. The van der Waals surface area contributed by atoms with Crippen LogP contribution < -0.4 is 5.73 Å². The predicted molar refractivity (Wildman–Crippen MR) is 88.1 cm³/mol. The van der Waals surface area contributed by atoms with Gasteiger partial charge in [-0.15, -0.1) is 0 Å². The Hall–Kier alpha value is -2.42. The number of nitrogen functional groups attached to an aromatic ring is 1. The fourth-order valence-corrected chi connectivity index (χ4v) is 2.67. The Kier molecular flexibility index (Phi) is 3.57. The number of pyridine rings is 2. The molecule has 0 radical (unpaired) electrons. The molecule has 106 valence electrons. The maximum absolute atomic E-state index is 6.37. The predicted octanol–water partition coefficient (Wildman–Crippen LogP) is 4.00. The summed E-state index contributed by atoms with van der Waals surface area (Å²) in [5, 5.41) is 1.02. The van der Waals surface area contributed by atoms with E-state index < -0.39 is 0 Å². The van der Waals surface area contributed by atoms with Crippen LogP contribution in [0, 0.1) is 0 Å². The number of anilines is 1. The molecule has 0 saturated heterocycles. The summed E-state index contributed by atoms with van der Waals surface area (Å²) < 4.78 is 0. The van der Waals surface area contributed by atoms with Crippen molar-refractivity contribution in [3.8, 4) is 11.4 Å². The smallest absolute Gasteiger partial charge is 0.0946 e. The standard InChI is InChI=1S/C18H19N3/c1-3-12-9-10-20-16(11-12)18-13(4-2)17(19)14-7-5-6-8-15(14)21-18/h5-11H,3-4H2,1-2H3,(H2,19,21). The van der Waals surface area contributed by atoms with Crippen molar-refractivity contribution in [3.63, 3.8) is 0 Å². The molecule has 2 N–H and O–H groups in total. The van der Waals surface area contributed by atoms with E-state index in [4.69, 9.17) is 10.7 Å². The van der Waals surface area contributed by atoms with Crippen molar-refractivity contribution < 1.29 is 0 Å². The molecule has 0 spiro atoms. The first-order chi connectivity index (χ1) is 10.2. The first kappa shape index (κ1) is 13.6. The van der Waals surface area contributed by atoms with Crippen molar-refractivity contribution in [1.82, 2.24) is 9.97 Å². The van der Waals surface area contributed by atoms with Crippen LogP contribution >= 0.6 is 0 Å². The largest absolute Gasteiger partial charge is 0.398 e. The van der Waals surface area contributed by atoms with E-state index in [0.717, 1.165) is 46.4 Å². The summed E-state index contributed by atoms with van der Waals surface area (Å²) in [6, 6.07) is 12.2. The quantitative estimate of drug-likeness (QED) is 0.787. The highest BCUT2D eigenvalue weighted by Crippen LogP contribution is 2.31. The van der Waals surface area contributed by atoms with Crippen molar-refractivity contribution in [2.75, 3.05) is 5.73 Å². The van der Waals surface area contributed by atoms with Gasteiger partial charge in [-0.1, -0.05) is 32.0 Å². The number of hydrogen-bond donors (Lipinski definition) is 1. The second-order valence-corrected chi connectivity index (χ2v) is 5.13. The molecule has 3 rings (SSSR count). The number of aromatic nitrogens is 2. The third-order valence-corrected chi connectivity index (χ3v) is 3.87. The van der Waals surface area contributed by atoms with Gasteiger partial charge in [-0.3, -0.25) is 4.98 Å². The van der Waals surface area contributed by atoms with Crippen molar-refractivity contribution in [1.29, 1.82) is 0 Å². The molecule has 0 aliphatic heterocycles. The van der Waals surface area contributed by atoms with Crippen LogP contribution in [0.5, 0.6) is 0 Å². The zero-order valence-electron chi connectivity index (χ0n) is 12.4. The van der Waals surface area contributed by atoms with Gasteiger partial charge in [0.25, 0.3) is 0 Å². The summed E-state index contributed by atoms with van der Waals surface area (Å²) in [6.07, 6.45) is 3.68. The van der Waals surface area contributed by atoms with Crippen molar-refractivity contribution in [3.05, 3.63) is 53.7 Å². The van der Waals surface area contributed by atoms with Gasteiger partial charge in [0.2, 0.25) is 0 Å². The van der Waals surface area contributed by atoms with Crippen molar-refractivity contribution in [2.24, 2.45) is 0 Å². The van der Waals surface area contributed by atoms with E-state index in [-0.39, 0.29) is 0 Å². The third kappa shape index (κ3) is 2.35. The zero-order valence-corrected chi connectivity index (χ0v) is 12.4. The number of rotatable bonds is 3. The molecule has 0 fully saturated rings. The molecule has 3 aromatic rings. The molecular weight excluding hydrogens is 258 g/mol. The summed E-state index contributed by atoms with van der Waals surface area (Å²) >= 11 is 0. The number of benzene rings is 1. The molecule has 0 aliphatic rings. The molecule has 0 bridgehead atoms. The summed E-state index contributed by atoms with van der Waals surface area (Å²) in [5.74, 6) is 0. The van der Waals surface area contributed by atoms with Crippen LogP contribution in [0.25, 0.3) is 22.3 Å². The van der Waals surface area contributed by atoms with Crippen molar-refractivity contribution in [2.45, 2.75) is 26.7 Å². The Morgan fingerprint density at radius 2 is 1.86 bits per heavy atom. The maximum Gasteiger partial charge on any atom is 0.0946 e. The van der Waals surface area contributed by atoms with Gasteiger partial charge in [-0.2, -0.15) is 0 Å². The molecule has 1 aromatic carbocycles. The van der Waals surface area contributed by atoms with E-state index >= 15 is 0 Å². The maximum atomic E-state index is 6.37. The summed E-state index contributed by atoms with van der Waals surface area (Å²) in [4.78, 5) is 9.31. The zero-order chi connectivity index (χ0) is 14.8. The fraction of sp³-hybridized carbons (Fsp3) is 0.222. The SMILES string of the molecule is CCc1ccnc(-c2nc3ccccc3c(N)c2CC)c1. The fourth-order valence-electron chi connectivity index (χ4n) is 2.67. The van der Waals surface area contributed by atoms with Crippen LogP contribution in [-0.4, -0.2) is 9.97 Å². The minimum absolute atomic E-state index is 0.821. The number of hydrogen-bond acceptors (Lipinski definition) is 3. The molecule has 0 aliphatic carbocycles. The van der Waals surface area contributed by atoms with E-state index in [1.54, 1.807) is 0 Å². The molecule has 0 atom stereocenters. The average molecular weight is 277 g/mol. The molecule has 3 nitrogen and oxygen atoms in total. The molecule has 0 unspecified atom stereocenters. The minimum Gasteiger partial charge on any atom is -0.398 e. The highest BCUT2D eigenvalue weighted by Gasteiger charge is 2.14. The van der Waals surface area contributed by atoms with Gasteiger partial charge in [-0.05, 0) is 36.6 Å². The van der Waals surface area contributed by atoms with Gasteiger partial charge < -0.3 is 5.73 Å². The first-order valence-corrected chi connectivity index (χ1v) is 7.37. The molecule has 2 aromatic heterocycles. The Morgan fingerprint density at radius 1 is 1.05 bits per heavy atom. The number of nitrogens with two attached hydrogens (primary N) is 1. The van der Waals surface area contributed by atoms with Crippen LogP contribution in [-0.2, 0) is 12.8 Å². The van der Waals surface area contributed by atoms with Crippen molar-refractivity contribution >= 4 is 16.6 Å². The van der Waals surface area contributed by atoms with Gasteiger partial charge in [0.05, 0.1) is 16.9 Å². The monoisotopic (exact) mass is 277 g/mol. The highest BCUT2D eigenvalue weighted by molar-refractivity contribution is 5.94. The lowest BCUT2D eigenvalue weighted by Crippen LogP contribution is -2.02. The normalized spacial score (nSPS) is 11.0. The number of fused-ring (bicyclic) bond motifs is 1. The van der Waals surface area contributed by atoms with E-state index in [0.29, 0.717) is 0 Å². The van der Waals surface area contributed by atoms with Gasteiger partial charge in [-0.25, -0.2) is 4.98 Å². The third-order valence-electron chi connectivity index (χ3n) is 3.87. The van der Waals surface area contributed by atoms with E-state index in [2.05, 4.69) is 24.9 Å². The van der Waals surface area contributed by atoms with Gasteiger partial charge >= 0.3 is 0 Å². The topological polar surface area (TPSA) is 51.8 Å².